The number of sulfonamides is 1. The summed E-state index contributed by atoms with van der Waals surface area (Å²) in [5.41, 5.74) is 1.05. The highest BCUT2D eigenvalue weighted by Gasteiger charge is 2.32. The van der Waals surface area contributed by atoms with Gasteiger partial charge < -0.3 is 19.7 Å². The maximum atomic E-state index is 13.9. The van der Waals surface area contributed by atoms with Crippen LogP contribution in [0.15, 0.2) is 83.8 Å². The van der Waals surface area contributed by atoms with Gasteiger partial charge in [0.05, 0.1) is 24.8 Å². The van der Waals surface area contributed by atoms with Crippen LogP contribution in [0.4, 0.5) is 5.69 Å². The van der Waals surface area contributed by atoms with Crippen molar-refractivity contribution < 1.29 is 27.5 Å². The summed E-state index contributed by atoms with van der Waals surface area (Å²) in [5.74, 6) is 0.350. The first-order valence-corrected chi connectivity index (χ1v) is 14.5. The van der Waals surface area contributed by atoms with E-state index in [1.807, 2.05) is 13.8 Å². The first-order chi connectivity index (χ1) is 19.1. The number of ether oxygens (including phenoxy) is 2. The fourth-order valence-electron chi connectivity index (χ4n) is 3.97. The van der Waals surface area contributed by atoms with Crippen LogP contribution in [0.1, 0.15) is 32.8 Å². The summed E-state index contributed by atoms with van der Waals surface area (Å²) in [5, 5.41) is 2.92. The highest BCUT2D eigenvalue weighted by Crippen LogP contribution is 2.26. The molecule has 2 amide bonds. The zero-order chi connectivity index (χ0) is 29.3. The van der Waals surface area contributed by atoms with Crippen LogP contribution >= 0.6 is 0 Å². The number of hydrogen-bond donors (Lipinski definition) is 1. The van der Waals surface area contributed by atoms with Crippen molar-refractivity contribution in [1.82, 2.24) is 10.2 Å². The number of hydrogen-bond acceptors (Lipinski definition) is 6. The molecule has 0 aliphatic heterocycles. The minimum absolute atomic E-state index is 0.0443. The number of methoxy groups -OCH3 is 2. The third-order valence-corrected chi connectivity index (χ3v) is 8.44. The van der Waals surface area contributed by atoms with Crippen molar-refractivity contribution in [2.24, 2.45) is 0 Å². The normalized spacial score (nSPS) is 12.6. The number of anilines is 1. The van der Waals surface area contributed by atoms with Crippen molar-refractivity contribution in [1.29, 1.82) is 0 Å². The van der Waals surface area contributed by atoms with Crippen molar-refractivity contribution in [2.75, 3.05) is 25.1 Å². The van der Waals surface area contributed by atoms with Crippen LogP contribution in [-0.2, 0) is 26.2 Å². The predicted octanol–water partition coefficient (Wildman–Crippen LogP) is 4.23. The van der Waals surface area contributed by atoms with E-state index in [4.69, 9.17) is 9.47 Å². The van der Waals surface area contributed by atoms with Crippen molar-refractivity contribution in [3.05, 3.63) is 84.4 Å². The van der Waals surface area contributed by atoms with E-state index in [0.29, 0.717) is 17.2 Å². The Bertz CT molecular complexity index is 1360. The smallest absolute Gasteiger partial charge is 0.264 e. The molecule has 2 atom stereocenters. The maximum Gasteiger partial charge on any atom is 0.264 e. The van der Waals surface area contributed by atoms with Gasteiger partial charge in [-0.15, -0.1) is 0 Å². The molecule has 0 bridgehead atoms. The summed E-state index contributed by atoms with van der Waals surface area (Å²) in [6.07, 6.45) is 0.728. The minimum Gasteiger partial charge on any atom is -0.497 e. The highest BCUT2D eigenvalue weighted by atomic mass is 32.2. The van der Waals surface area contributed by atoms with Gasteiger partial charge in [0.2, 0.25) is 11.8 Å². The average Bonchev–Trinajstić information content (AvgIpc) is 2.98. The quantitative estimate of drug-likeness (QED) is 0.332. The standard InChI is InChI=1S/C30H37N3O6S/c1-6-22(2)31-30(35)23(3)32(20-24-12-16-26(38-4)17-13-24)29(34)21-33(25-14-18-27(39-5)19-15-25)40(36,37)28-10-8-7-9-11-28/h7-19,22-23H,6,20-21H2,1-5H3,(H,31,35)/t22-,23+/m0/s1. The molecular formula is C30H37N3O6S. The van der Waals surface area contributed by atoms with Gasteiger partial charge in [0.25, 0.3) is 10.0 Å². The summed E-state index contributed by atoms with van der Waals surface area (Å²) in [7, 11) is -1.05. The van der Waals surface area contributed by atoms with E-state index in [1.165, 1.54) is 24.1 Å². The van der Waals surface area contributed by atoms with Crippen LogP contribution in [0, 0.1) is 0 Å². The van der Waals surface area contributed by atoms with E-state index in [-0.39, 0.29) is 23.4 Å². The van der Waals surface area contributed by atoms with Gasteiger partial charge in [-0.3, -0.25) is 13.9 Å². The van der Waals surface area contributed by atoms with E-state index in [2.05, 4.69) is 5.32 Å². The Morgan fingerprint density at radius 3 is 1.93 bits per heavy atom. The molecule has 0 saturated carbocycles. The average molecular weight is 568 g/mol. The van der Waals surface area contributed by atoms with Gasteiger partial charge >= 0.3 is 0 Å². The van der Waals surface area contributed by atoms with E-state index >= 15 is 0 Å². The molecule has 3 aromatic rings. The third-order valence-electron chi connectivity index (χ3n) is 6.65. The molecule has 0 spiro atoms. The van der Waals surface area contributed by atoms with Crippen molar-refractivity contribution in [3.8, 4) is 11.5 Å². The summed E-state index contributed by atoms with van der Waals surface area (Å²) in [6.45, 7) is 5.07. The number of carbonyl (C=O) groups excluding carboxylic acids is 2. The second kappa shape index (κ2) is 13.8. The molecule has 214 valence electrons. The van der Waals surface area contributed by atoms with Gasteiger partial charge in [0, 0.05) is 12.6 Å². The molecule has 0 radical (unpaired) electrons. The third kappa shape index (κ3) is 7.53. The summed E-state index contributed by atoms with van der Waals surface area (Å²) in [4.78, 5) is 28.5. The van der Waals surface area contributed by atoms with Crippen molar-refractivity contribution >= 4 is 27.5 Å². The lowest BCUT2D eigenvalue weighted by Crippen LogP contribution is -2.52. The number of nitrogens with one attached hydrogen (secondary N) is 1. The highest BCUT2D eigenvalue weighted by molar-refractivity contribution is 7.92. The predicted molar refractivity (Wildman–Crippen MR) is 155 cm³/mol. The molecular weight excluding hydrogens is 530 g/mol. The molecule has 0 aliphatic rings. The first kappa shape index (κ1) is 30.5. The zero-order valence-electron chi connectivity index (χ0n) is 23.5. The summed E-state index contributed by atoms with van der Waals surface area (Å²) >= 11 is 0. The van der Waals surface area contributed by atoms with Crippen molar-refractivity contribution in [2.45, 2.75) is 50.7 Å². The van der Waals surface area contributed by atoms with Crippen molar-refractivity contribution in [3.63, 3.8) is 0 Å². The number of nitrogens with zero attached hydrogens (tertiary/aromatic N) is 2. The first-order valence-electron chi connectivity index (χ1n) is 13.0. The Morgan fingerprint density at radius 2 is 1.40 bits per heavy atom. The number of benzene rings is 3. The molecule has 0 heterocycles. The van der Waals surface area contributed by atoms with Gasteiger partial charge in [-0.1, -0.05) is 37.3 Å². The largest absolute Gasteiger partial charge is 0.497 e. The molecule has 3 aromatic carbocycles. The molecule has 40 heavy (non-hydrogen) atoms. The van der Waals surface area contributed by atoms with Gasteiger partial charge in [-0.2, -0.15) is 0 Å². The Labute approximate surface area is 236 Å². The van der Waals surface area contributed by atoms with Crippen LogP contribution < -0.4 is 19.1 Å². The SMILES string of the molecule is CC[C@H](C)NC(=O)[C@@H](C)N(Cc1ccc(OC)cc1)C(=O)CN(c1ccc(OC)cc1)S(=O)(=O)c1ccccc1. The zero-order valence-corrected chi connectivity index (χ0v) is 24.4. The van der Waals surface area contributed by atoms with Crippen LogP contribution in [0.5, 0.6) is 11.5 Å². The number of carbonyl (C=O) groups is 2. The molecule has 10 heteroatoms. The van der Waals surface area contributed by atoms with E-state index in [1.54, 1.807) is 80.8 Å². The maximum absolute atomic E-state index is 13.9. The summed E-state index contributed by atoms with van der Waals surface area (Å²) < 4.78 is 39.1. The second-order valence-electron chi connectivity index (χ2n) is 9.39. The van der Waals surface area contributed by atoms with Gasteiger partial charge in [-0.25, -0.2) is 8.42 Å². The van der Waals surface area contributed by atoms with Crippen LogP contribution in [0.3, 0.4) is 0 Å². The Balaban J connectivity index is 2.01. The fraction of sp³-hybridized carbons (Fsp3) is 0.333. The number of rotatable bonds is 13. The molecule has 1 N–H and O–H groups in total. The second-order valence-corrected chi connectivity index (χ2v) is 11.2. The molecule has 0 fully saturated rings. The van der Waals surface area contributed by atoms with Crippen LogP contribution in [-0.4, -0.2) is 58.0 Å². The lowest BCUT2D eigenvalue weighted by molar-refractivity contribution is -0.139. The topological polar surface area (TPSA) is 105 Å². The lowest BCUT2D eigenvalue weighted by atomic mass is 10.1. The summed E-state index contributed by atoms with van der Waals surface area (Å²) in [6, 6.07) is 20.6. The Morgan fingerprint density at radius 1 is 0.850 bits per heavy atom. The molecule has 0 unspecified atom stereocenters. The monoisotopic (exact) mass is 567 g/mol. The molecule has 3 rings (SSSR count). The number of amides is 2. The molecule has 0 aliphatic carbocycles. The lowest BCUT2D eigenvalue weighted by Gasteiger charge is -2.32. The minimum atomic E-state index is -4.13. The van der Waals surface area contributed by atoms with Gasteiger partial charge in [0.1, 0.15) is 24.1 Å². The van der Waals surface area contributed by atoms with E-state index in [9.17, 15) is 18.0 Å². The fourth-order valence-corrected chi connectivity index (χ4v) is 5.41. The Hall–Kier alpha value is -4.05. The molecule has 9 nitrogen and oxygen atoms in total. The van der Waals surface area contributed by atoms with E-state index in [0.717, 1.165) is 16.3 Å². The molecule has 0 aromatic heterocycles. The van der Waals surface area contributed by atoms with Gasteiger partial charge in [0.15, 0.2) is 0 Å². The van der Waals surface area contributed by atoms with E-state index < -0.39 is 28.5 Å². The van der Waals surface area contributed by atoms with Crippen LogP contribution in [0.2, 0.25) is 0 Å². The van der Waals surface area contributed by atoms with Crippen LogP contribution in [0.25, 0.3) is 0 Å². The Kier molecular flexibility index (Phi) is 10.6. The molecule has 0 saturated heterocycles. The van der Waals surface area contributed by atoms with Gasteiger partial charge in [-0.05, 0) is 74.4 Å².